The molecule has 2 heterocycles. The molecule has 0 atom stereocenters. The van der Waals surface area contributed by atoms with E-state index in [2.05, 4.69) is 14.7 Å². The van der Waals surface area contributed by atoms with Crippen LogP contribution in [0.3, 0.4) is 0 Å². The monoisotopic (exact) mass is 300 g/mol. The highest BCUT2D eigenvalue weighted by atomic mass is 32.2. The van der Waals surface area contributed by atoms with Crippen molar-refractivity contribution in [3.8, 4) is 0 Å². The zero-order chi connectivity index (χ0) is 13.7. The smallest absolute Gasteiger partial charge is 0.250 e. The van der Waals surface area contributed by atoms with Gasteiger partial charge in [0.25, 0.3) is 0 Å². The summed E-state index contributed by atoms with van der Waals surface area (Å²) >= 11 is 1.26. The zero-order valence-corrected chi connectivity index (χ0v) is 11.9. The molecule has 2 aromatic rings. The van der Waals surface area contributed by atoms with Gasteiger partial charge in [-0.2, -0.15) is 0 Å². The van der Waals surface area contributed by atoms with E-state index < -0.39 is 10.0 Å². The van der Waals surface area contributed by atoms with Gasteiger partial charge in [0.2, 0.25) is 10.0 Å². The predicted molar refractivity (Wildman–Crippen MR) is 74.6 cm³/mol. The molecular formula is C11H16N4O2S2. The van der Waals surface area contributed by atoms with Crippen LogP contribution in [0.2, 0.25) is 0 Å². The SMILES string of the molecule is NCCc1ccc(S(=O)(=O)NCCc2ncc[nH]2)s1. The van der Waals surface area contributed by atoms with Gasteiger partial charge in [-0.15, -0.1) is 11.3 Å². The van der Waals surface area contributed by atoms with Crippen LogP contribution in [-0.4, -0.2) is 31.5 Å². The Labute approximate surface area is 116 Å². The lowest BCUT2D eigenvalue weighted by Crippen LogP contribution is -2.25. The number of H-pyrrole nitrogens is 1. The maximum atomic E-state index is 12.0. The normalized spacial score (nSPS) is 11.8. The van der Waals surface area contributed by atoms with Crippen molar-refractivity contribution in [2.45, 2.75) is 17.1 Å². The second-order valence-corrected chi connectivity index (χ2v) is 7.11. The molecule has 19 heavy (non-hydrogen) atoms. The summed E-state index contributed by atoms with van der Waals surface area (Å²) in [5.41, 5.74) is 5.44. The Kier molecular flexibility index (Phi) is 4.70. The number of nitrogens with zero attached hydrogens (tertiary/aromatic N) is 1. The summed E-state index contributed by atoms with van der Waals surface area (Å²) in [4.78, 5) is 7.94. The van der Waals surface area contributed by atoms with E-state index in [0.717, 1.165) is 10.7 Å². The standard InChI is InChI=1S/C11H16N4O2S2/c12-5-3-9-1-2-11(18-9)19(16,17)15-6-4-10-13-7-8-14-10/h1-2,7-8,15H,3-6,12H2,(H,13,14). The molecule has 0 bridgehead atoms. The summed E-state index contributed by atoms with van der Waals surface area (Å²) in [6.07, 6.45) is 4.59. The summed E-state index contributed by atoms with van der Waals surface area (Å²) in [6, 6.07) is 3.42. The fourth-order valence-corrected chi connectivity index (χ4v) is 4.04. The van der Waals surface area contributed by atoms with E-state index in [1.165, 1.54) is 11.3 Å². The molecule has 2 rings (SSSR count). The van der Waals surface area contributed by atoms with E-state index in [1.54, 1.807) is 24.5 Å². The van der Waals surface area contributed by atoms with Crippen molar-refractivity contribution in [3.05, 3.63) is 35.2 Å². The largest absolute Gasteiger partial charge is 0.349 e. The maximum absolute atomic E-state index is 12.0. The van der Waals surface area contributed by atoms with Crippen molar-refractivity contribution in [3.63, 3.8) is 0 Å². The molecule has 104 valence electrons. The topological polar surface area (TPSA) is 101 Å². The summed E-state index contributed by atoms with van der Waals surface area (Å²) in [5.74, 6) is 0.762. The van der Waals surface area contributed by atoms with E-state index in [4.69, 9.17) is 5.73 Å². The third-order valence-corrected chi connectivity index (χ3v) is 5.60. The number of nitrogens with one attached hydrogen (secondary N) is 2. The minimum atomic E-state index is -3.42. The van der Waals surface area contributed by atoms with Crippen LogP contribution < -0.4 is 10.5 Å². The number of nitrogens with two attached hydrogens (primary N) is 1. The highest BCUT2D eigenvalue weighted by Gasteiger charge is 2.16. The molecule has 2 aromatic heterocycles. The summed E-state index contributed by atoms with van der Waals surface area (Å²) in [6.45, 7) is 0.839. The third kappa shape index (κ3) is 3.87. The molecular weight excluding hydrogens is 284 g/mol. The Morgan fingerprint density at radius 3 is 2.89 bits per heavy atom. The lowest BCUT2D eigenvalue weighted by Gasteiger charge is -2.03. The number of hydrogen-bond acceptors (Lipinski definition) is 5. The van der Waals surface area contributed by atoms with Gasteiger partial charge in [0.1, 0.15) is 10.0 Å². The van der Waals surface area contributed by atoms with Gasteiger partial charge in [0.05, 0.1) is 0 Å². The maximum Gasteiger partial charge on any atom is 0.250 e. The van der Waals surface area contributed by atoms with Gasteiger partial charge in [-0.3, -0.25) is 0 Å². The van der Waals surface area contributed by atoms with Gasteiger partial charge in [-0.05, 0) is 25.1 Å². The van der Waals surface area contributed by atoms with Crippen LogP contribution >= 0.6 is 11.3 Å². The molecule has 0 radical (unpaired) electrons. The molecule has 0 saturated carbocycles. The first-order valence-corrected chi connectivity index (χ1v) is 8.18. The first-order valence-electron chi connectivity index (χ1n) is 5.88. The van der Waals surface area contributed by atoms with Crippen LogP contribution in [0.5, 0.6) is 0 Å². The van der Waals surface area contributed by atoms with Crippen LogP contribution in [0.1, 0.15) is 10.7 Å². The van der Waals surface area contributed by atoms with Crippen LogP contribution in [0, 0.1) is 0 Å². The number of thiophene rings is 1. The van der Waals surface area contributed by atoms with Crippen molar-refractivity contribution in [2.24, 2.45) is 5.73 Å². The second-order valence-electron chi connectivity index (χ2n) is 3.94. The quantitative estimate of drug-likeness (QED) is 0.693. The van der Waals surface area contributed by atoms with Crippen LogP contribution in [0.15, 0.2) is 28.7 Å². The fraction of sp³-hybridized carbons (Fsp3) is 0.364. The van der Waals surface area contributed by atoms with Gasteiger partial charge in [0, 0.05) is 30.2 Å². The van der Waals surface area contributed by atoms with Crippen LogP contribution in [0.25, 0.3) is 0 Å². The summed E-state index contributed by atoms with van der Waals surface area (Å²) in [7, 11) is -3.42. The van der Waals surface area contributed by atoms with Crippen LogP contribution in [0.4, 0.5) is 0 Å². The predicted octanol–water partition coefficient (Wildman–Crippen LogP) is 0.493. The average molecular weight is 300 g/mol. The van der Waals surface area contributed by atoms with Gasteiger partial charge in [-0.25, -0.2) is 18.1 Å². The highest BCUT2D eigenvalue weighted by molar-refractivity contribution is 7.91. The van der Waals surface area contributed by atoms with E-state index in [9.17, 15) is 8.42 Å². The third-order valence-electron chi connectivity index (χ3n) is 2.50. The van der Waals surface area contributed by atoms with E-state index in [1.807, 2.05) is 0 Å². The molecule has 0 aromatic carbocycles. The van der Waals surface area contributed by atoms with Gasteiger partial charge in [-0.1, -0.05) is 0 Å². The van der Waals surface area contributed by atoms with Crippen molar-refractivity contribution in [1.29, 1.82) is 0 Å². The number of aromatic nitrogens is 2. The lowest BCUT2D eigenvalue weighted by molar-refractivity contribution is 0.583. The number of sulfonamides is 1. The Hall–Kier alpha value is -1.22. The molecule has 0 unspecified atom stereocenters. The van der Waals surface area contributed by atoms with Crippen molar-refractivity contribution >= 4 is 21.4 Å². The molecule has 8 heteroatoms. The Balaban J connectivity index is 1.93. The molecule has 4 N–H and O–H groups in total. The number of imidazole rings is 1. The Morgan fingerprint density at radius 1 is 1.37 bits per heavy atom. The summed E-state index contributed by atoms with van der Waals surface area (Å²) in [5, 5.41) is 0. The van der Waals surface area contributed by atoms with Gasteiger partial charge < -0.3 is 10.7 Å². The molecule has 0 spiro atoms. The van der Waals surface area contributed by atoms with Crippen molar-refractivity contribution < 1.29 is 8.42 Å². The lowest BCUT2D eigenvalue weighted by atomic mass is 10.3. The first-order chi connectivity index (χ1) is 9.12. The molecule has 0 aliphatic heterocycles. The fourth-order valence-electron chi connectivity index (χ4n) is 1.59. The second kappa shape index (κ2) is 6.29. The molecule has 0 amide bonds. The molecule has 6 nitrogen and oxygen atoms in total. The van der Waals surface area contributed by atoms with E-state index in [0.29, 0.717) is 30.1 Å². The summed E-state index contributed by atoms with van der Waals surface area (Å²) < 4.78 is 26.9. The van der Waals surface area contributed by atoms with Crippen LogP contribution in [-0.2, 0) is 22.9 Å². The molecule has 0 aliphatic rings. The average Bonchev–Trinajstić information content (AvgIpc) is 3.00. The van der Waals surface area contributed by atoms with E-state index >= 15 is 0 Å². The molecule has 0 aliphatic carbocycles. The van der Waals surface area contributed by atoms with Gasteiger partial charge in [0.15, 0.2) is 0 Å². The minimum Gasteiger partial charge on any atom is -0.349 e. The zero-order valence-electron chi connectivity index (χ0n) is 10.3. The molecule has 0 fully saturated rings. The number of hydrogen-bond donors (Lipinski definition) is 3. The van der Waals surface area contributed by atoms with Gasteiger partial charge >= 0.3 is 0 Å². The highest BCUT2D eigenvalue weighted by Crippen LogP contribution is 2.21. The molecule has 0 saturated heterocycles. The Morgan fingerprint density at radius 2 is 2.21 bits per heavy atom. The first kappa shape index (κ1) is 14.2. The van der Waals surface area contributed by atoms with Crippen molar-refractivity contribution in [2.75, 3.05) is 13.1 Å². The number of rotatable bonds is 7. The number of aromatic amines is 1. The minimum absolute atomic E-state index is 0.319. The van der Waals surface area contributed by atoms with Crippen molar-refractivity contribution in [1.82, 2.24) is 14.7 Å². The Bertz CT molecular complexity index is 604. The van der Waals surface area contributed by atoms with E-state index in [-0.39, 0.29) is 0 Å².